The minimum atomic E-state index is -3.59. The summed E-state index contributed by atoms with van der Waals surface area (Å²) in [6.45, 7) is 4.02. The molecule has 3 heterocycles. The Morgan fingerprint density at radius 1 is 0.852 bits per heavy atom. The number of anilines is 2. The molecule has 2 aromatic rings. The molecule has 0 bridgehead atoms. The minimum Gasteiger partial charge on any atom is -0.356 e. The molecule has 144 valence electrons. The second kappa shape index (κ2) is 7.61. The number of rotatable bonds is 4. The molecular weight excluding hydrogens is 386 g/mol. The highest BCUT2D eigenvalue weighted by molar-refractivity contribution is 7.89. The summed E-state index contributed by atoms with van der Waals surface area (Å²) >= 11 is 6.09. The molecule has 2 aliphatic rings. The highest BCUT2D eigenvalue weighted by Gasteiger charge is 2.30. The highest BCUT2D eigenvalue weighted by atomic mass is 35.5. The van der Waals surface area contributed by atoms with E-state index in [0.717, 1.165) is 24.7 Å². The van der Waals surface area contributed by atoms with Gasteiger partial charge in [0, 0.05) is 45.3 Å². The fraction of sp³-hybridized carbons (Fsp3) is 0.444. The van der Waals surface area contributed by atoms with Crippen molar-refractivity contribution in [2.24, 2.45) is 0 Å². The maximum atomic E-state index is 12.9. The third-order valence-corrected chi connectivity index (χ3v) is 7.48. The molecule has 0 atom stereocenters. The number of aromatic nitrogens is 2. The molecule has 0 N–H and O–H groups in total. The van der Waals surface area contributed by atoms with E-state index in [1.807, 2.05) is 6.07 Å². The smallest absolute Gasteiger partial charge is 0.244 e. The standard InChI is InChI=1S/C18H22ClN5O2S/c19-15-5-1-2-6-16(15)27(25,26)24-11-9-23(10-12-24)18-13-17(20-14-21-18)22-7-3-4-8-22/h1-2,5-6,13-14H,3-4,7-12H2. The molecule has 0 aliphatic carbocycles. The van der Waals surface area contributed by atoms with Gasteiger partial charge < -0.3 is 9.80 Å². The van der Waals surface area contributed by atoms with Crippen LogP contribution in [0.4, 0.5) is 11.6 Å². The largest absolute Gasteiger partial charge is 0.356 e. The summed E-state index contributed by atoms with van der Waals surface area (Å²) in [7, 11) is -3.59. The number of benzene rings is 1. The van der Waals surface area contributed by atoms with Gasteiger partial charge in [0.2, 0.25) is 10.0 Å². The Bertz CT molecular complexity index is 909. The number of hydrogen-bond acceptors (Lipinski definition) is 6. The Labute approximate surface area is 164 Å². The van der Waals surface area contributed by atoms with Crippen LogP contribution in [0.1, 0.15) is 12.8 Å². The van der Waals surface area contributed by atoms with Gasteiger partial charge >= 0.3 is 0 Å². The summed E-state index contributed by atoms with van der Waals surface area (Å²) in [5.74, 6) is 1.80. The normalized spacial score (nSPS) is 18.9. The van der Waals surface area contributed by atoms with Gasteiger partial charge in [-0.15, -0.1) is 0 Å². The molecule has 1 aromatic carbocycles. The van der Waals surface area contributed by atoms with Crippen molar-refractivity contribution in [2.75, 3.05) is 49.1 Å². The van der Waals surface area contributed by atoms with Crippen molar-refractivity contribution < 1.29 is 8.42 Å². The zero-order valence-electron chi connectivity index (χ0n) is 15.0. The summed E-state index contributed by atoms with van der Waals surface area (Å²) < 4.78 is 27.2. The average Bonchev–Trinajstić information content (AvgIpc) is 3.23. The van der Waals surface area contributed by atoms with Crippen molar-refractivity contribution in [3.05, 3.63) is 41.7 Å². The lowest BCUT2D eigenvalue weighted by Crippen LogP contribution is -2.49. The molecule has 27 heavy (non-hydrogen) atoms. The zero-order valence-corrected chi connectivity index (χ0v) is 16.5. The Morgan fingerprint density at radius 3 is 2.07 bits per heavy atom. The van der Waals surface area contributed by atoms with Crippen LogP contribution in [0.25, 0.3) is 0 Å². The van der Waals surface area contributed by atoms with Gasteiger partial charge in [0.25, 0.3) is 0 Å². The van der Waals surface area contributed by atoms with Crippen molar-refractivity contribution >= 4 is 33.3 Å². The summed E-state index contributed by atoms with van der Waals surface area (Å²) in [5, 5.41) is 0.256. The van der Waals surface area contributed by atoms with Gasteiger partial charge in [0.1, 0.15) is 22.9 Å². The van der Waals surface area contributed by atoms with Gasteiger partial charge in [0.05, 0.1) is 5.02 Å². The molecular formula is C18H22ClN5O2S. The fourth-order valence-electron chi connectivity index (χ4n) is 3.58. The average molecular weight is 408 g/mol. The van der Waals surface area contributed by atoms with Gasteiger partial charge in [-0.05, 0) is 25.0 Å². The fourth-order valence-corrected chi connectivity index (χ4v) is 5.50. The van der Waals surface area contributed by atoms with Gasteiger partial charge in [-0.2, -0.15) is 4.31 Å². The Kier molecular flexibility index (Phi) is 5.21. The van der Waals surface area contributed by atoms with E-state index in [1.54, 1.807) is 30.6 Å². The number of nitrogens with zero attached hydrogens (tertiary/aromatic N) is 5. The van der Waals surface area contributed by atoms with E-state index in [9.17, 15) is 8.42 Å². The Hall–Kier alpha value is -1.90. The summed E-state index contributed by atoms with van der Waals surface area (Å²) in [4.78, 5) is 13.3. The number of sulfonamides is 1. The van der Waals surface area contributed by atoms with E-state index in [1.165, 1.54) is 17.1 Å². The maximum Gasteiger partial charge on any atom is 0.244 e. The number of piperazine rings is 1. The molecule has 0 spiro atoms. The molecule has 0 saturated carbocycles. The number of halogens is 1. The first-order valence-electron chi connectivity index (χ1n) is 9.12. The topological polar surface area (TPSA) is 69.6 Å². The van der Waals surface area contributed by atoms with Crippen molar-refractivity contribution in [1.29, 1.82) is 0 Å². The molecule has 0 amide bonds. The highest BCUT2D eigenvalue weighted by Crippen LogP contribution is 2.26. The van der Waals surface area contributed by atoms with Crippen LogP contribution in [0.15, 0.2) is 41.6 Å². The lowest BCUT2D eigenvalue weighted by atomic mass is 10.3. The van der Waals surface area contributed by atoms with E-state index >= 15 is 0 Å². The molecule has 2 saturated heterocycles. The third-order valence-electron chi connectivity index (χ3n) is 5.09. The zero-order chi connectivity index (χ0) is 18.9. The molecule has 2 aliphatic heterocycles. The second-order valence-electron chi connectivity index (χ2n) is 6.75. The summed E-state index contributed by atoms with van der Waals surface area (Å²) in [5.41, 5.74) is 0. The monoisotopic (exact) mass is 407 g/mol. The van der Waals surface area contributed by atoms with Crippen molar-refractivity contribution in [3.8, 4) is 0 Å². The molecule has 1 aromatic heterocycles. The first kappa shape index (κ1) is 18.5. The lowest BCUT2D eigenvalue weighted by molar-refractivity contribution is 0.384. The molecule has 2 fully saturated rings. The van der Waals surface area contributed by atoms with Crippen LogP contribution in [-0.4, -0.2) is 62.0 Å². The number of hydrogen-bond donors (Lipinski definition) is 0. The van der Waals surface area contributed by atoms with Crippen LogP contribution >= 0.6 is 11.6 Å². The van der Waals surface area contributed by atoms with E-state index in [2.05, 4.69) is 19.8 Å². The van der Waals surface area contributed by atoms with Crippen LogP contribution in [0.3, 0.4) is 0 Å². The molecule has 7 nitrogen and oxygen atoms in total. The first-order valence-corrected chi connectivity index (χ1v) is 10.9. The molecule has 4 rings (SSSR count). The molecule has 0 radical (unpaired) electrons. The van der Waals surface area contributed by atoms with Crippen LogP contribution in [0.5, 0.6) is 0 Å². The van der Waals surface area contributed by atoms with Crippen molar-refractivity contribution in [2.45, 2.75) is 17.7 Å². The van der Waals surface area contributed by atoms with Gasteiger partial charge in [-0.25, -0.2) is 18.4 Å². The Balaban J connectivity index is 1.46. The van der Waals surface area contributed by atoms with E-state index in [0.29, 0.717) is 26.2 Å². The van der Waals surface area contributed by atoms with Gasteiger partial charge in [-0.3, -0.25) is 0 Å². The van der Waals surface area contributed by atoms with Crippen LogP contribution in [0.2, 0.25) is 5.02 Å². The SMILES string of the molecule is O=S(=O)(c1ccccc1Cl)N1CCN(c2cc(N3CCCC3)ncn2)CC1. The lowest BCUT2D eigenvalue weighted by Gasteiger charge is -2.35. The predicted molar refractivity (Wildman–Crippen MR) is 106 cm³/mol. The maximum absolute atomic E-state index is 12.9. The Morgan fingerprint density at radius 2 is 1.44 bits per heavy atom. The van der Waals surface area contributed by atoms with Gasteiger partial charge in [-0.1, -0.05) is 23.7 Å². The molecule has 0 unspecified atom stereocenters. The van der Waals surface area contributed by atoms with Gasteiger partial charge in [0.15, 0.2) is 0 Å². The second-order valence-corrected chi connectivity index (χ2v) is 9.06. The van der Waals surface area contributed by atoms with Crippen molar-refractivity contribution in [3.63, 3.8) is 0 Å². The van der Waals surface area contributed by atoms with E-state index in [4.69, 9.17) is 11.6 Å². The van der Waals surface area contributed by atoms with Crippen molar-refractivity contribution in [1.82, 2.24) is 14.3 Å². The summed E-state index contributed by atoms with van der Waals surface area (Å²) in [6, 6.07) is 8.58. The van der Waals surface area contributed by atoms with E-state index < -0.39 is 10.0 Å². The summed E-state index contributed by atoms with van der Waals surface area (Å²) in [6.07, 6.45) is 3.98. The van der Waals surface area contributed by atoms with Crippen LogP contribution in [-0.2, 0) is 10.0 Å². The predicted octanol–water partition coefficient (Wildman–Crippen LogP) is 2.24. The molecule has 9 heteroatoms. The quantitative estimate of drug-likeness (QED) is 0.774. The van der Waals surface area contributed by atoms with Crippen LogP contribution in [0, 0.1) is 0 Å². The minimum absolute atomic E-state index is 0.165. The third kappa shape index (κ3) is 3.74. The van der Waals surface area contributed by atoms with E-state index in [-0.39, 0.29) is 9.92 Å². The van der Waals surface area contributed by atoms with Crippen LogP contribution < -0.4 is 9.80 Å². The first-order chi connectivity index (χ1) is 13.1.